The number of nitrogens with one attached hydrogen (secondary N) is 2. The van der Waals surface area contributed by atoms with Crippen LogP contribution in [0, 0.1) is 11.8 Å². The van der Waals surface area contributed by atoms with Gasteiger partial charge in [0.15, 0.2) is 0 Å². The number of hydrogen-bond acceptors (Lipinski definition) is 6. The molecule has 1 spiro atoms. The Morgan fingerprint density at radius 3 is 2.74 bits per heavy atom. The average Bonchev–Trinajstić information content (AvgIpc) is 3.21. The number of carbonyl (C=O) groups is 3. The number of amides is 3. The summed E-state index contributed by atoms with van der Waals surface area (Å²) in [6, 6.07) is 4.31. The average molecular weight is 394 g/mol. The number of aliphatic hydroxyl groups is 1. The van der Waals surface area contributed by atoms with Crippen LogP contribution in [-0.4, -0.2) is 60.1 Å². The van der Waals surface area contributed by atoms with Crippen LogP contribution in [-0.2, 0) is 24.7 Å². The van der Waals surface area contributed by atoms with E-state index in [0.717, 1.165) is 4.90 Å². The van der Waals surface area contributed by atoms with Gasteiger partial charge < -0.3 is 15.2 Å². The molecule has 1 aromatic rings. The predicted octanol–water partition coefficient (Wildman–Crippen LogP) is 0.0876. The molecule has 9 heteroatoms. The van der Waals surface area contributed by atoms with Gasteiger partial charge in [0.2, 0.25) is 17.7 Å². The highest BCUT2D eigenvalue weighted by molar-refractivity contribution is 6.35. The third-order valence-corrected chi connectivity index (χ3v) is 6.08. The Balaban J connectivity index is 1.87. The van der Waals surface area contributed by atoms with Gasteiger partial charge >= 0.3 is 0 Å². The molecular formula is C18H20ClN3O5. The Labute approximate surface area is 160 Å². The topological polar surface area (TPSA) is 108 Å². The number of nitrogens with zero attached hydrogens (tertiary/aromatic N) is 1. The fourth-order valence-electron chi connectivity index (χ4n) is 4.60. The number of benzene rings is 1. The van der Waals surface area contributed by atoms with Crippen molar-refractivity contribution in [2.75, 3.05) is 25.6 Å². The number of ether oxygens (including phenoxy) is 1. The summed E-state index contributed by atoms with van der Waals surface area (Å²) in [5.74, 6) is -3.09. The lowest BCUT2D eigenvalue weighted by atomic mass is 9.76. The minimum absolute atomic E-state index is 0.105. The molecule has 2 saturated heterocycles. The van der Waals surface area contributed by atoms with Crippen molar-refractivity contribution in [1.29, 1.82) is 0 Å². The zero-order valence-electron chi connectivity index (χ0n) is 14.9. The van der Waals surface area contributed by atoms with Gasteiger partial charge in [-0.15, -0.1) is 0 Å². The molecule has 0 aromatic heterocycles. The van der Waals surface area contributed by atoms with E-state index in [-0.39, 0.29) is 13.2 Å². The summed E-state index contributed by atoms with van der Waals surface area (Å²) >= 11 is 6.23. The number of fused-ring (bicyclic) bond motifs is 4. The van der Waals surface area contributed by atoms with Gasteiger partial charge in [-0.1, -0.05) is 23.7 Å². The smallest absolute Gasteiger partial charge is 0.250 e. The second-order valence-electron chi connectivity index (χ2n) is 7.16. The van der Waals surface area contributed by atoms with Gasteiger partial charge in [-0.2, -0.15) is 0 Å². The largest absolute Gasteiger partial charge is 0.392 e. The number of para-hydroxylation sites is 1. The van der Waals surface area contributed by atoms with Crippen molar-refractivity contribution in [3.63, 3.8) is 0 Å². The van der Waals surface area contributed by atoms with Crippen LogP contribution < -0.4 is 10.6 Å². The lowest BCUT2D eigenvalue weighted by Gasteiger charge is -2.30. The van der Waals surface area contributed by atoms with Crippen molar-refractivity contribution in [2.45, 2.75) is 24.6 Å². The Morgan fingerprint density at radius 1 is 1.33 bits per heavy atom. The van der Waals surface area contributed by atoms with Crippen LogP contribution in [0.4, 0.5) is 5.69 Å². The minimum Gasteiger partial charge on any atom is -0.392 e. The monoisotopic (exact) mass is 393 g/mol. The van der Waals surface area contributed by atoms with Crippen LogP contribution in [0.25, 0.3) is 0 Å². The van der Waals surface area contributed by atoms with Gasteiger partial charge in [0.1, 0.15) is 5.54 Å². The van der Waals surface area contributed by atoms with Crippen molar-refractivity contribution in [2.24, 2.45) is 11.8 Å². The Kier molecular flexibility index (Phi) is 4.27. The highest BCUT2D eigenvalue weighted by Crippen LogP contribution is 2.54. The molecule has 2 fully saturated rings. The van der Waals surface area contributed by atoms with Crippen LogP contribution in [0.1, 0.15) is 12.5 Å². The molecule has 0 aliphatic carbocycles. The van der Waals surface area contributed by atoms with Gasteiger partial charge in [-0.3, -0.25) is 24.6 Å². The fourth-order valence-corrected chi connectivity index (χ4v) is 4.82. The summed E-state index contributed by atoms with van der Waals surface area (Å²) in [6.07, 6.45) is -0.938. The summed E-state index contributed by atoms with van der Waals surface area (Å²) in [5, 5.41) is 16.5. The van der Waals surface area contributed by atoms with E-state index in [1.807, 2.05) is 0 Å². The fraction of sp³-hybridized carbons (Fsp3) is 0.500. The third kappa shape index (κ3) is 2.30. The second-order valence-corrected chi connectivity index (χ2v) is 7.57. The molecule has 27 heavy (non-hydrogen) atoms. The molecule has 3 heterocycles. The lowest BCUT2D eigenvalue weighted by Crippen LogP contribution is -2.55. The van der Waals surface area contributed by atoms with Crippen LogP contribution >= 0.6 is 11.6 Å². The standard InChI is InChI=1S/C18H20ClN3O5/c1-8(23)13-11-12(16(25)22(15(11)24)6-7-27-2)18(21-13)9-4-3-5-10(19)14(9)20-17(18)26/h3-5,8,11-13,21,23H,6-7H2,1-2H3,(H,20,26)/t8-,11-,12-,13-,18-/m0/s1. The molecule has 5 atom stereocenters. The Bertz CT molecular complexity index is 844. The zero-order chi connectivity index (χ0) is 19.5. The lowest BCUT2D eigenvalue weighted by molar-refractivity contribution is -0.143. The van der Waals surface area contributed by atoms with Gasteiger partial charge in [0.25, 0.3) is 0 Å². The molecule has 3 amide bonds. The number of carbonyl (C=O) groups excluding carboxylic acids is 3. The first-order valence-electron chi connectivity index (χ1n) is 8.75. The van der Waals surface area contributed by atoms with Crippen molar-refractivity contribution < 1.29 is 24.2 Å². The molecule has 0 unspecified atom stereocenters. The first-order valence-corrected chi connectivity index (χ1v) is 9.12. The maximum atomic E-state index is 13.2. The second kappa shape index (κ2) is 6.27. The highest BCUT2D eigenvalue weighted by Gasteiger charge is 2.71. The molecule has 8 nitrogen and oxygen atoms in total. The Hall–Kier alpha value is -2.00. The predicted molar refractivity (Wildman–Crippen MR) is 95.9 cm³/mol. The number of rotatable bonds is 4. The number of aliphatic hydroxyl groups excluding tert-OH is 1. The number of methoxy groups -OCH3 is 1. The van der Waals surface area contributed by atoms with E-state index in [4.69, 9.17) is 16.3 Å². The minimum atomic E-state index is -1.44. The van der Waals surface area contributed by atoms with Crippen LogP contribution in [0.15, 0.2) is 18.2 Å². The van der Waals surface area contributed by atoms with Crippen molar-refractivity contribution in [3.8, 4) is 0 Å². The summed E-state index contributed by atoms with van der Waals surface area (Å²) in [4.78, 5) is 40.4. The van der Waals surface area contributed by atoms with E-state index < -0.39 is 47.2 Å². The Morgan fingerprint density at radius 2 is 2.07 bits per heavy atom. The summed E-state index contributed by atoms with van der Waals surface area (Å²) in [5.41, 5.74) is -0.494. The molecule has 3 aliphatic rings. The molecule has 0 radical (unpaired) electrons. The number of halogens is 1. The van der Waals surface area contributed by atoms with E-state index >= 15 is 0 Å². The van der Waals surface area contributed by atoms with Gasteiger partial charge in [-0.25, -0.2) is 0 Å². The molecular weight excluding hydrogens is 374 g/mol. The van der Waals surface area contributed by atoms with E-state index in [9.17, 15) is 19.5 Å². The molecule has 3 aliphatic heterocycles. The highest BCUT2D eigenvalue weighted by atomic mass is 35.5. The molecule has 0 saturated carbocycles. The summed E-state index contributed by atoms with van der Waals surface area (Å²) in [7, 11) is 1.48. The SMILES string of the molecule is COCCN1C(=O)[C@@H]2[C@H]([C@H](C)O)N[C@]3(C(=O)Nc4c(Cl)cccc43)[C@@H]2C1=O. The van der Waals surface area contributed by atoms with Gasteiger partial charge in [0.05, 0.1) is 41.8 Å². The van der Waals surface area contributed by atoms with Gasteiger partial charge in [0, 0.05) is 18.7 Å². The van der Waals surface area contributed by atoms with Gasteiger partial charge in [-0.05, 0) is 13.0 Å². The third-order valence-electron chi connectivity index (χ3n) is 5.76. The summed E-state index contributed by atoms with van der Waals surface area (Å²) < 4.78 is 5.00. The first kappa shape index (κ1) is 18.4. The first-order chi connectivity index (χ1) is 12.8. The summed E-state index contributed by atoms with van der Waals surface area (Å²) in [6.45, 7) is 1.84. The quantitative estimate of drug-likeness (QED) is 0.626. The zero-order valence-corrected chi connectivity index (χ0v) is 15.6. The molecule has 4 rings (SSSR count). The van der Waals surface area contributed by atoms with Crippen LogP contribution in [0.3, 0.4) is 0 Å². The van der Waals surface area contributed by atoms with Crippen LogP contribution in [0.5, 0.6) is 0 Å². The molecule has 0 bridgehead atoms. The van der Waals surface area contributed by atoms with E-state index in [1.165, 1.54) is 14.0 Å². The van der Waals surface area contributed by atoms with Crippen molar-refractivity contribution >= 4 is 35.0 Å². The van der Waals surface area contributed by atoms with Crippen LogP contribution in [0.2, 0.25) is 5.02 Å². The number of hydrogen-bond donors (Lipinski definition) is 3. The molecule has 3 N–H and O–H groups in total. The molecule has 1 aromatic carbocycles. The van der Waals surface area contributed by atoms with E-state index in [1.54, 1.807) is 18.2 Å². The number of likely N-dealkylation sites (tertiary alicyclic amines) is 1. The number of anilines is 1. The maximum absolute atomic E-state index is 13.2. The number of imide groups is 1. The van der Waals surface area contributed by atoms with Crippen molar-refractivity contribution in [1.82, 2.24) is 10.2 Å². The molecule has 144 valence electrons. The maximum Gasteiger partial charge on any atom is 0.250 e. The normalized spacial score (nSPS) is 32.8. The van der Waals surface area contributed by atoms with Crippen molar-refractivity contribution in [3.05, 3.63) is 28.8 Å². The van der Waals surface area contributed by atoms with E-state index in [2.05, 4.69) is 10.6 Å². The van der Waals surface area contributed by atoms with E-state index in [0.29, 0.717) is 16.3 Å².